The van der Waals surface area contributed by atoms with Crippen LogP contribution in [0.4, 0.5) is 19.3 Å². The van der Waals surface area contributed by atoms with Crippen molar-refractivity contribution in [3.63, 3.8) is 0 Å². The molecule has 1 aromatic carbocycles. The molecular weight excluding hydrogens is 334 g/mol. The van der Waals surface area contributed by atoms with Gasteiger partial charge in [-0.3, -0.25) is 0 Å². The number of carbonyl (C=O) groups is 1. The summed E-state index contributed by atoms with van der Waals surface area (Å²) in [4.78, 5) is 14.5. The lowest BCUT2D eigenvalue weighted by atomic mass is 9.49. The number of hydrogen-bond donors (Lipinski definition) is 1. The maximum atomic E-state index is 13.9. The average Bonchev–Trinajstić information content (AvgIpc) is 2.60. The maximum absolute atomic E-state index is 13.9. The van der Waals surface area contributed by atoms with Crippen molar-refractivity contribution in [2.45, 2.75) is 46.5 Å². The largest absolute Gasteiger partial charge is 0.322 e. The molecule has 1 saturated carbocycles. The van der Waals surface area contributed by atoms with Crippen LogP contribution in [0.1, 0.15) is 46.5 Å². The van der Waals surface area contributed by atoms with Crippen LogP contribution in [0.3, 0.4) is 0 Å². The molecule has 1 aromatic rings. The topological polar surface area (TPSA) is 32.3 Å². The van der Waals surface area contributed by atoms with E-state index in [1.165, 1.54) is 18.1 Å². The molecule has 0 aliphatic heterocycles. The highest BCUT2D eigenvalue weighted by molar-refractivity contribution is 5.89. The fraction of sp³-hybridized carbons (Fsp3) is 0.571. The zero-order chi connectivity index (χ0) is 18.9. The number of hydrogen-bond acceptors (Lipinski definition) is 1. The molecule has 0 radical (unpaired) electrons. The Bertz CT molecular complexity index is 714. The molecule has 0 spiro atoms. The van der Waals surface area contributed by atoms with Gasteiger partial charge in [0.25, 0.3) is 0 Å². The quantitative estimate of drug-likeness (QED) is 0.657. The second-order valence-corrected chi connectivity index (χ2v) is 8.15. The predicted molar refractivity (Wildman–Crippen MR) is 99.9 cm³/mol. The third kappa shape index (κ3) is 3.62. The highest BCUT2D eigenvalue weighted by atomic mass is 19.1. The second kappa shape index (κ2) is 7.37. The number of rotatable bonds is 6. The highest BCUT2D eigenvalue weighted by Crippen LogP contribution is 2.59. The normalized spacial score (nSPS) is 23.0. The highest BCUT2D eigenvalue weighted by Gasteiger charge is 2.51. The fourth-order valence-electron chi connectivity index (χ4n) is 4.26. The first kappa shape index (κ1) is 18.9. The third-order valence-electron chi connectivity index (χ3n) is 6.20. The van der Waals surface area contributed by atoms with E-state index >= 15 is 0 Å². The van der Waals surface area contributed by atoms with Gasteiger partial charge in [0, 0.05) is 19.2 Å². The summed E-state index contributed by atoms with van der Waals surface area (Å²) in [5.41, 5.74) is 1.64. The minimum Gasteiger partial charge on any atom is -0.321 e. The summed E-state index contributed by atoms with van der Waals surface area (Å²) in [5.74, 6) is -0.130. The first-order valence-corrected chi connectivity index (χ1v) is 9.52. The Kier molecular flexibility index (Phi) is 5.35. The summed E-state index contributed by atoms with van der Waals surface area (Å²) in [6.45, 7) is 7.90. The monoisotopic (exact) mass is 362 g/mol. The molecule has 0 saturated heterocycles. The molecule has 2 amide bonds. The number of carbonyl (C=O) groups excluding carboxylic acids is 1. The summed E-state index contributed by atoms with van der Waals surface area (Å²) < 4.78 is 26.9. The lowest BCUT2D eigenvalue weighted by Gasteiger charge is -2.57. The molecule has 1 fully saturated rings. The standard InChI is InChI=1S/C21H28F2N2O/c1-4-5-10-25(13-14-6-7-15-11-17(14)21(15,2)3)20(26)24-19-9-8-16(22)12-18(19)23/h6,8-9,12,15,17H,4-5,7,10-11,13H2,1-3H3,(H,24,26). The maximum Gasteiger partial charge on any atom is 0.322 e. The number of allylic oxidation sites excluding steroid dienone is 1. The summed E-state index contributed by atoms with van der Waals surface area (Å²) in [7, 11) is 0. The van der Waals surface area contributed by atoms with Crippen LogP contribution >= 0.6 is 0 Å². The smallest absolute Gasteiger partial charge is 0.321 e. The van der Waals surface area contributed by atoms with Crippen LogP contribution in [-0.4, -0.2) is 24.0 Å². The Hall–Kier alpha value is -1.91. The molecule has 3 aliphatic rings. The van der Waals surface area contributed by atoms with E-state index in [1.807, 2.05) is 0 Å². The van der Waals surface area contributed by atoms with Gasteiger partial charge in [-0.2, -0.15) is 0 Å². The van der Waals surface area contributed by atoms with Crippen molar-refractivity contribution in [1.82, 2.24) is 4.90 Å². The van der Waals surface area contributed by atoms with Crippen LogP contribution in [-0.2, 0) is 0 Å². The first-order chi connectivity index (χ1) is 12.3. The number of nitrogens with one attached hydrogen (secondary N) is 1. The fourth-order valence-corrected chi connectivity index (χ4v) is 4.26. The Balaban J connectivity index is 1.71. The van der Waals surface area contributed by atoms with Crippen LogP contribution < -0.4 is 5.32 Å². The number of fused-ring (bicyclic) bond motifs is 1. The zero-order valence-corrected chi connectivity index (χ0v) is 15.8. The molecule has 2 bridgehead atoms. The minimum absolute atomic E-state index is 0.0135. The van der Waals surface area contributed by atoms with Gasteiger partial charge in [0.1, 0.15) is 11.6 Å². The molecule has 142 valence electrons. The molecule has 0 aromatic heterocycles. The van der Waals surface area contributed by atoms with Crippen molar-refractivity contribution in [3.05, 3.63) is 41.5 Å². The molecule has 1 N–H and O–H groups in total. The van der Waals surface area contributed by atoms with Gasteiger partial charge < -0.3 is 10.2 Å². The first-order valence-electron chi connectivity index (χ1n) is 9.52. The number of benzene rings is 1. The van der Waals surface area contributed by atoms with Gasteiger partial charge in [-0.05, 0) is 48.6 Å². The van der Waals surface area contributed by atoms with Gasteiger partial charge in [-0.15, -0.1) is 0 Å². The zero-order valence-electron chi connectivity index (χ0n) is 15.8. The average molecular weight is 362 g/mol. The van der Waals surface area contributed by atoms with Crippen molar-refractivity contribution in [3.8, 4) is 0 Å². The van der Waals surface area contributed by atoms with Crippen molar-refractivity contribution in [1.29, 1.82) is 0 Å². The van der Waals surface area contributed by atoms with E-state index < -0.39 is 11.6 Å². The molecule has 3 nitrogen and oxygen atoms in total. The van der Waals surface area contributed by atoms with Gasteiger partial charge in [0.2, 0.25) is 0 Å². The molecule has 2 atom stereocenters. The van der Waals surface area contributed by atoms with Gasteiger partial charge in [-0.1, -0.05) is 38.8 Å². The van der Waals surface area contributed by atoms with E-state index in [2.05, 4.69) is 32.2 Å². The van der Waals surface area contributed by atoms with Crippen LogP contribution in [0.2, 0.25) is 0 Å². The van der Waals surface area contributed by atoms with Gasteiger partial charge in [0.05, 0.1) is 5.69 Å². The van der Waals surface area contributed by atoms with E-state index in [0.29, 0.717) is 24.4 Å². The van der Waals surface area contributed by atoms with Gasteiger partial charge in [0.15, 0.2) is 0 Å². The molecule has 5 heteroatoms. The molecule has 3 aliphatic carbocycles. The Labute approximate surface area is 154 Å². The van der Waals surface area contributed by atoms with Crippen LogP contribution in [0.15, 0.2) is 29.8 Å². The van der Waals surface area contributed by atoms with E-state index in [1.54, 1.807) is 4.90 Å². The Morgan fingerprint density at radius 2 is 2.12 bits per heavy atom. The number of halogens is 2. The lowest BCUT2D eigenvalue weighted by Crippen LogP contribution is -2.50. The van der Waals surface area contributed by atoms with Crippen LogP contribution in [0, 0.1) is 28.9 Å². The molecule has 26 heavy (non-hydrogen) atoms. The molecule has 4 rings (SSSR count). The van der Waals surface area contributed by atoms with E-state index in [9.17, 15) is 13.6 Å². The Morgan fingerprint density at radius 1 is 1.35 bits per heavy atom. The summed E-state index contributed by atoms with van der Waals surface area (Å²) in [6.07, 6.45) is 6.44. The minimum atomic E-state index is -0.756. The van der Waals surface area contributed by atoms with Crippen LogP contribution in [0.25, 0.3) is 0 Å². The summed E-state index contributed by atoms with van der Waals surface area (Å²) in [5, 5.41) is 2.60. The summed E-state index contributed by atoms with van der Waals surface area (Å²) >= 11 is 0. The van der Waals surface area contributed by atoms with Crippen molar-refractivity contribution in [2.75, 3.05) is 18.4 Å². The number of nitrogens with zero attached hydrogens (tertiary/aromatic N) is 1. The number of anilines is 1. The van der Waals surface area contributed by atoms with E-state index in [0.717, 1.165) is 37.3 Å². The molecule has 2 unspecified atom stereocenters. The summed E-state index contributed by atoms with van der Waals surface area (Å²) in [6, 6.07) is 2.87. The van der Waals surface area contributed by atoms with Crippen molar-refractivity contribution >= 4 is 11.7 Å². The van der Waals surface area contributed by atoms with Crippen LogP contribution in [0.5, 0.6) is 0 Å². The van der Waals surface area contributed by atoms with Gasteiger partial charge in [-0.25, -0.2) is 13.6 Å². The van der Waals surface area contributed by atoms with Crippen molar-refractivity contribution in [2.24, 2.45) is 17.3 Å². The lowest BCUT2D eigenvalue weighted by molar-refractivity contribution is -0.00952. The Morgan fingerprint density at radius 3 is 2.73 bits per heavy atom. The number of unbranched alkanes of at least 4 members (excludes halogenated alkanes) is 1. The number of urea groups is 1. The SMILES string of the molecule is CCCCN(CC1=CCC2CC1C2(C)C)C(=O)Nc1ccc(F)cc1F. The van der Waals surface area contributed by atoms with E-state index in [-0.39, 0.29) is 11.7 Å². The van der Waals surface area contributed by atoms with E-state index in [4.69, 9.17) is 0 Å². The molecule has 0 heterocycles. The number of amides is 2. The predicted octanol–water partition coefficient (Wildman–Crippen LogP) is 5.59. The van der Waals surface area contributed by atoms with Gasteiger partial charge >= 0.3 is 6.03 Å². The molecular formula is C21H28F2N2O. The van der Waals surface area contributed by atoms with Crippen molar-refractivity contribution < 1.29 is 13.6 Å². The second-order valence-electron chi connectivity index (χ2n) is 8.15. The third-order valence-corrected chi connectivity index (χ3v) is 6.20.